The summed E-state index contributed by atoms with van der Waals surface area (Å²) in [4.78, 5) is 69.5. The van der Waals surface area contributed by atoms with E-state index in [4.69, 9.17) is 15.9 Å². The van der Waals surface area contributed by atoms with E-state index in [0.717, 1.165) is 0 Å². The molecule has 14 nitrogen and oxygen atoms in total. The van der Waals surface area contributed by atoms with E-state index in [9.17, 15) is 39.0 Å². The summed E-state index contributed by atoms with van der Waals surface area (Å²) in [5, 5.41) is 42.3. The van der Waals surface area contributed by atoms with Gasteiger partial charge in [-0.25, -0.2) is 4.79 Å². The van der Waals surface area contributed by atoms with Crippen molar-refractivity contribution in [1.29, 1.82) is 0 Å². The molecule has 0 aromatic heterocycles. The SMILES string of the molecule is CC(C)CC(NC(=O)C(CO)NC(=O)C(CC(=O)O)NC(=O)C(N)CC(=O)O)C(=O)O. The van der Waals surface area contributed by atoms with Crippen LogP contribution in [0.1, 0.15) is 33.1 Å². The number of aliphatic carboxylic acids is 3. The summed E-state index contributed by atoms with van der Waals surface area (Å²) in [6.07, 6.45) is -1.63. The van der Waals surface area contributed by atoms with Crippen LogP contribution in [0.25, 0.3) is 0 Å². The van der Waals surface area contributed by atoms with E-state index >= 15 is 0 Å². The van der Waals surface area contributed by atoms with Crippen molar-refractivity contribution in [3.8, 4) is 0 Å². The van der Waals surface area contributed by atoms with Crippen LogP contribution in [0.5, 0.6) is 0 Å². The molecule has 0 heterocycles. The molecule has 0 bridgehead atoms. The van der Waals surface area contributed by atoms with Crippen LogP contribution in [-0.2, 0) is 28.8 Å². The van der Waals surface area contributed by atoms with E-state index in [0.29, 0.717) is 0 Å². The summed E-state index contributed by atoms with van der Waals surface area (Å²) >= 11 is 0. The molecule has 31 heavy (non-hydrogen) atoms. The Bertz CT molecular complexity index is 696. The van der Waals surface area contributed by atoms with Crippen molar-refractivity contribution in [1.82, 2.24) is 16.0 Å². The summed E-state index contributed by atoms with van der Waals surface area (Å²) in [6, 6.07) is -6.23. The van der Waals surface area contributed by atoms with Gasteiger partial charge in [-0.2, -0.15) is 0 Å². The number of hydrogen-bond acceptors (Lipinski definition) is 8. The molecular formula is C17H28N4O10. The van der Waals surface area contributed by atoms with Crippen molar-refractivity contribution in [2.75, 3.05) is 6.61 Å². The third kappa shape index (κ3) is 10.9. The van der Waals surface area contributed by atoms with Crippen LogP contribution in [-0.4, -0.2) is 86.8 Å². The minimum absolute atomic E-state index is 0.0757. The Labute approximate surface area is 177 Å². The van der Waals surface area contributed by atoms with Crippen molar-refractivity contribution in [3.05, 3.63) is 0 Å². The maximum Gasteiger partial charge on any atom is 0.326 e. The molecule has 4 unspecified atom stereocenters. The van der Waals surface area contributed by atoms with Crippen LogP contribution in [0.15, 0.2) is 0 Å². The van der Waals surface area contributed by atoms with Gasteiger partial charge in [-0.05, 0) is 12.3 Å². The summed E-state index contributed by atoms with van der Waals surface area (Å²) in [5.41, 5.74) is 5.36. The fourth-order valence-electron chi connectivity index (χ4n) is 2.38. The van der Waals surface area contributed by atoms with E-state index in [1.54, 1.807) is 13.8 Å². The second-order valence-electron chi connectivity index (χ2n) is 7.14. The van der Waals surface area contributed by atoms with E-state index in [1.807, 2.05) is 10.6 Å². The molecule has 0 aliphatic carbocycles. The molecule has 176 valence electrons. The number of nitrogens with one attached hydrogen (secondary N) is 3. The quantitative estimate of drug-likeness (QED) is 0.132. The van der Waals surface area contributed by atoms with Gasteiger partial charge < -0.3 is 42.1 Å². The van der Waals surface area contributed by atoms with Gasteiger partial charge in [-0.1, -0.05) is 13.8 Å². The van der Waals surface area contributed by atoms with Gasteiger partial charge in [0.05, 0.1) is 25.5 Å². The number of carboxylic acids is 3. The Morgan fingerprint density at radius 3 is 1.61 bits per heavy atom. The van der Waals surface area contributed by atoms with Gasteiger partial charge in [0, 0.05) is 0 Å². The normalized spacial score (nSPS) is 14.6. The Morgan fingerprint density at radius 1 is 0.742 bits per heavy atom. The number of carbonyl (C=O) groups is 6. The number of nitrogens with two attached hydrogens (primary N) is 1. The van der Waals surface area contributed by atoms with Crippen LogP contribution in [0, 0.1) is 5.92 Å². The van der Waals surface area contributed by atoms with Gasteiger partial charge in [0.25, 0.3) is 0 Å². The Hall–Kier alpha value is -3.26. The summed E-state index contributed by atoms with van der Waals surface area (Å²) in [7, 11) is 0. The van der Waals surface area contributed by atoms with Crippen molar-refractivity contribution in [2.24, 2.45) is 11.7 Å². The molecule has 0 saturated heterocycles. The topological polar surface area (TPSA) is 245 Å². The molecule has 0 aliphatic rings. The highest BCUT2D eigenvalue weighted by Gasteiger charge is 2.31. The fraction of sp³-hybridized carbons (Fsp3) is 0.647. The first kappa shape index (κ1) is 27.7. The number of carbonyl (C=O) groups excluding carboxylic acids is 3. The molecule has 0 fully saturated rings. The second kappa shape index (κ2) is 13.1. The van der Waals surface area contributed by atoms with Crippen molar-refractivity contribution in [3.63, 3.8) is 0 Å². The second-order valence-corrected chi connectivity index (χ2v) is 7.14. The third-order valence-corrected chi connectivity index (χ3v) is 3.88. The van der Waals surface area contributed by atoms with E-state index in [2.05, 4.69) is 5.32 Å². The smallest absolute Gasteiger partial charge is 0.326 e. The number of rotatable bonds is 14. The van der Waals surface area contributed by atoms with Crippen LogP contribution in [0.2, 0.25) is 0 Å². The highest BCUT2D eigenvalue weighted by molar-refractivity contribution is 5.96. The van der Waals surface area contributed by atoms with Crippen molar-refractivity contribution in [2.45, 2.75) is 57.3 Å². The molecule has 0 spiro atoms. The molecule has 0 saturated carbocycles. The Morgan fingerprint density at radius 2 is 1.19 bits per heavy atom. The van der Waals surface area contributed by atoms with Crippen molar-refractivity contribution < 1.29 is 49.2 Å². The summed E-state index contributed by atoms with van der Waals surface area (Å²) in [5.74, 6) is -7.64. The molecule has 14 heteroatoms. The average molecular weight is 448 g/mol. The lowest BCUT2D eigenvalue weighted by atomic mass is 10.0. The molecule has 3 amide bonds. The van der Waals surface area contributed by atoms with Crippen LogP contribution < -0.4 is 21.7 Å². The molecule has 0 rings (SSSR count). The number of hydrogen-bond donors (Lipinski definition) is 8. The lowest BCUT2D eigenvalue weighted by molar-refractivity contribution is -0.144. The van der Waals surface area contributed by atoms with E-state index < -0.39 is 79.2 Å². The average Bonchev–Trinajstić information content (AvgIpc) is 2.63. The fourth-order valence-corrected chi connectivity index (χ4v) is 2.38. The third-order valence-electron chi connectivity index (χ3n) is 3.88. The van der Waals surface area contributed by atoms with Crippen LogP contribution >= 0.6 is 0 Å². The van der Waals surface area contributed by atoms with Crippen molar-refractivity contribution >= 4 is 35.6 Å². The largest absolute Gasteiger partial charge is 0.481 e. The van der Waals surface area contributed by atoms with Gasteiger partial charge in [0.15, 0.2) is 0 Å². The van der Waals surface area contributed by atoms with Gasteiger partial charge >= 0.3 is 17.9 Å². The number of carboxylic acid groups (broad SMARTS) is 3. The summed E-state index contributed by atoms with van der Waals surface area (Å²) in [6.45, 7) is 2.50. The zero-order valence-corrected chi connectivity index (χ0v) is 17.0. The first-order valence-electron chi connectivity index (χ1n) is 9.22. The van der Waals surface area contributed by atoms with Gasteiger partial charge in [0.2, 0.25) is 17.7 Å². The Kier molecular flexibility index (Phi) is 11.7. The first-order chi connectivity index (χ1) is 14.3. The maximum absolute atomic E-state index is 12.4. The highest BCUT2D eigenvalue weighted by Crippen LogP contribution is 2.05. The molecule has 0 aromatic rings. The van der Waals surface area contributed by atoms with Gasteiger partial charge in [-0.15, -0.1) is 0 Å². The van der Waals surface area contributed by atoms with Gasteiger partial charge in [0.1, 0.15) is 18.1 Å². The lowest BCUT2D eigenvalue weighted by Gasteiger charge is -2.24. The number of amides is 3. The summed E-state index contributed by atoms with van der Waals surface area (Å²) < 4.78 is 0. The maximum atomic E-state index is 12.4. The molecule has 0 aliphatic heterocycles. The minimum Gasteiger partial charge on any atom is -0.481 e. The first-order valence-corrected chi connectivity index (χ1v) is 9.22. The molecule has 4 atom stereocenters. The Balaban J connectivity index is 5.27. The minimum atomic E-state index is -1.74. The number of aliphatic hydroxyl groups is 1. The predicted octanol–water partition coefficient (Wildman–Crippen LogP) is -3.16. The lowest BCUT2D eigenvalue weighted by Crippen LogP contribution is -2.58. The molecule has 0 aromatic carbocycles. The number of aliphatic hydroxyl groups excluding tert-OH is 1. The van der Waals surface area contributed by atoms with E-state index in [1.165, 1.54) is 0 Å². The van der Waals surface area contributed by atoms with E-state index in [-0.39, 0.29) is 12.3 Å². The van der Waals surface area contributed by atoms with Crippen LogP contribution in [0.3, 0.4) is 0 Å². The van der Waals surface area contributed by atoms with Crippen LogP contribution in [0.4, 0.5) is 0 Å². The standard InChI is InChI=1S/C17H28N4O10/c1-7(2)3-10(17(30)31)20-16(29)11(6-22)21-15(28)9(5-13(25)26)19-14(27)8(18)4-12(23)24/h7-11,22H,3-6,18H2,1-2H3,(H,19,27)(H,20,29)(H,21,28)(H,23,24)(H,25,26)(H,30,31). The monoisotopic (exact) mass is 448 g/mol. The van der Waals surface area contributed by atoms with Gasteiger partial charge in [-0.3, -0.25) is 24.0 Å². The zero-order valence-electron chi connectivity index (χ0n) is 17.0. The molecule has 9 N–H and O–H groups in total. The predicted molar refractivity (Wildman–Crippen MR) is 102 cm³/mol. The zero-order chi connectivity index (χ0) is 24.3. The highest BCUT2D eigenvalue weighted by atomic mass is 16.4. The molecule has 0 radical (unpaired) electrons. The molecular weight excluding hydrogens is 420 g/mol.